The third kappa shape index (κ3) is 3.06. The Bertz CT molecular complexity index is 449. The zero-order valence-corrected chi connectivity index (χ0v) is 10.5. The summed E-state index contributed by atoms with van der Waals surface area (Å²) in [5.41, 5.74) is 0.911. The van der Waals surface area contributed by atoms with Gasteiger partial charge in [0, 0.05) is 33.4 Å². The van der Waals surface area contributed by atoms with Gasteiger partial charge in [0.1, 0.15) is 6.04 Å². The van der Waals surface area contributed by atoms with Gasteiger partial charge in [-0.2, -0.15) is 0 Å². The highest BCUT2D eigenvalue weighted by molar-refractivity contribution is 7.85. The summed E-state index contributed by atoms with van der Waals surface area (Å²) in [6, 6.07) is 6.19. The van der Waals surface area contributed by atoms with E-state index in [0.29, 0.717) is 10.8 Å². The minimum absolute atomic E-state index is 0.166. The van der Waals surface area contributed by atoms with Crippen molar-refractivity contribution in [3.05, 3.63) is 34.9 Å². The molecule has 17 heavy (non-hydrogen) atoms. The lowest BCUT2D eigenvalue weighted by Crippen LogP contribution is -2.49. The lowest BCUT2D eigenvalue weighted by molar-refractivity contribution is -0.139. The van der Waals surface area contributed by atoms with Gasteiger partial charge in [-0.15, -0.1) is 0 Å². The van der Waals surface area contributed by atoms with E-state index in [2.05, 4.69) is 5.32 Å². The van der Waals surface area contributed by atoms with E-state index in [-0.39, 0.29) is 11.8 Å². The molecule has 1 fully saturated rings. The zero-order valence-electron chi connectivity index (χ0n) is 8.93. The lowest BCUT2D eigenvalue weighted by atomic mass is 10.1. The van der Waals surface area contributed by atoms with Gasteiger partial charge in [0.15, 0.2) is 0 Å². The lowest BCUT2D eigenvalue weighted by Gasteiger charge is -2.28. The number of carboxylic acids is 1. The third-order valence-corrected chi connectivity index (χ3v) is 4.34. The number of hydrogen-bond acceptors (Lipinski definition) is 3. The van der Waals surface area contributed by atoms with Gasteiger partial charge in [-0.3, -0.25) is 14.3 Å². The summed E-state index contributed by atoms with van der Waals surface area (Å²) in [5.74, 6) is -0.359. The molecular weight excluding hydrogens is 262 g/mol. The van der Waals surface area contributed by atoms with Gasteiger partial charge in [-0.05, 0) is 17.7 Å². The molecule has 0 bridgehead atoms. The van der Waals surface area contributed by atoms with Crippen LogP contribution in [0.4, 0.5) is 0 Å². The van der Waals surface area contributed by atoms with Crippen LogP contribution in [0.2, 0.25) is 5.02 Å². The Labute approximate surface area is 106 Å². The number of nitrogens with one attached hydrogen (secondary N) is 1. The fraction of sp³-hybridized carbons (Fsp3) is 0.364. The minimum atomic E-state index is -1.10. The van der Waals surface area contributed by atoms with E-state index in [1.807, 2.05) is 12.1 Å². The highest BCUT2D eigenvalue weighted by atomic mass is 35.5. The SMILES string of the molecule is O=C(O)C1CS(=O)CC(c2ccc(Cl)cc2)N1. The van der Waals surface area contributed by atoms with E-state index in [9.17, 15) is 9.00 Å². The van der Waals surface area contributed by atoms with Crippen molar-refractivity contribution >= 4 is 28.4 Å². The molecule has 1 aliphatic rings. The van der Waals surface area contributed by atoms with E-state index < -0.39 is 22.8 Å². The molecule has 1 aromatic carbocycles. The number of benzene rings is 1. The molecule has 0 spiro atoms. The summed E-state index contributed by atoms with van der Waals surface area (Å²) >= 11 is 5.78. The van der Waals surface area contributed by atoms with E-state index in [1.54, 1.807) is 12.1 Å². The second-order valence-corrected chi connectivity index (χ2v) is 5.92. The maximum atomic E-state index is 11.6. The molecule has 0 aliphatic carbocycles. The topological polar surface area (TPSA) is 66.4 Å². The van der Waals surface area contributed by atoms with Crippen LogP contribution in [0.25, 0.3) is 0 Å². The van der Waals surface area contributed by atoms with Crippen molar-refractivity contribution in [2.45, 2.75) is 12.1 Å². The highest BCUT2D eigenvalue weighted by Crippen LogP contribution is 2.21. The van der Waals surface area contributed by atoms with Crippen LogP contribution in [0.1, 0.15) is 11.6 Å². The Morgan fingerprint density at radius 3 is 2.59 bits per heavy atom. The van der Waals surface area contributed by atoms with Gasteiger partial charge in [0.25, 0.3) is 0 Å². The summed E-state index contributed by atoms with van der Waals surface area (Å²) < 4.78 is 11.6. The molecule has 1 heterocycles. The standard InChI is InChI=1S/C11H12ClNO3S/c12-8-3-1-7(2-4-8)9-5-17(16)6-10(13-9)11(14)15/h1-4,9-10,13H,5-6H2,(H,14,15). The van der Waals surface area contributed by atoms with Crippen LogP contribution in [-0.4, -0.2) is 32.8 Å². The molecule has 3 atom stereocenters. The smallest absolute Gasteiger partial charge is 0.321 e. The van der Waals surface area contributed by atoms with Crippen molar-refractivity contribution in [2.75, 3.05) is 11.5 Å². The van der Waals surface area contributed by atoms with E-state index in [0.717, 1.165) is 5.56 Å². The normalized spacial score (nSPS) is 28.9. The highest BCUT2D eigenvalue weighted by Gasteiger charge is 2.30. The average Bonchev–Trinajstić information content (AvgIpc) is 2.29. The predicted octanol–water partition coefficient (Wildman–Crippen LogP) is 1.19. The van der Waals surface area contributed by atoms with Crippen molar-refractivity contribution < 1.29 is 14.1 Å². The first-order valence-corrected chi connectivity index (χ1v) is 7.02. The van der Waals surface area contributed by atoms with Gasteiger partial charge in [-0.25, -0.2) is 0 Å². The van der Waals surface area contributed by atoms with Crippen LogP contribution in [0.5, 0.6) is 0 Å². The molecule has 0 aromatic heterocycles. The summed E-state index contributed by atoms with van der Waals surface area (Å²) in [7, 11) is -1.10. The summed E-state index contributed by atoms with van der Waals surface area (Å²) in [6.07, 6.45) is 0. The molecule has 1 aliphatic heterocycles. The monoisotopic (exact) mass is 273 g/mol. The molecule has 1 aromatic rings. The van der Waals surface area contributed by atoms with Crippen molar-refractivity contribution in [3.63, 3.8) is 0 Å². The first-order valence-electron chi connectivity index (χ1n) is 5.15. The van der Waals surface area contributed by atoms with E-state index in [4.69, 9.17) is 16.7 Å². The fourth-order valence-electron chi connectivity index (χ4n) is 1.81. The zero-order chi connectivity index (χ0) is 12.4. The quantitative estimate of drug-likeness (QED) is 0.849. The maximum absolute atomic E-state index is 11.6. The van der Waals surface area contributed by atoms with E-state index >= 15 is 0 Å². The molecule has 0 amide bonds. The van der Waals surface area contributed by atoms with Crippen LogP contribution in [0.3, 0.4) is 0 Å². The molecule has 3 unspecified atom stereocenters. The van der Waals surface area contributed by atoms with Crippen LogP contribution in [-0.2, 0) is 15.6 Å². The Morgan fingerprint density at radius 1 is 1.35 bits per heavy atom. The number of halogens is 1. The Balaban J connectivity index is 2.18. The van der Waals surface area contributed by atoms with Crippen molar-refractivity contribution in [3.8, 4) is 0 Å². The molecule has 0 radical (unpaired) electrons. The number of aliphatic carboxylic acids is 1. The maximum Gasteiger partial charge on any atom is 0.321 e. The third-order valence-electron chi connectivity index (χ3n) is 2.68. The molecular formula is C11H12ClNO3S. The number of carbonyl (C=O) groups is 1. The van der Waals surface area contributed by atoms with Gasteiger partial charge >= 0.3 is 5.97 Å². The Morgan fingerprint density at radius 2 is 2.00 bits per heavy atom. The summed E-state index contributed by atoms with van der Waals surface area (Å²) in [5, 5.41) is 12.6. The van der Waals surface area contributed by atoms with Crippen LogP contribution in [0.15, 0.2) is 24.3 Å². The average molecular weight is 274 g/mol. The Hall–Kier alpha value is -0.910. The second-order valence-electron chi connectivity index (χ2n) is 3.93. The number of carboxylic acid groups (broad SMARTS) is 1. The first-order chi connectivity index (χ1) is 8.06. The van der Waals surface area contributed by atoms with E-state index in [1.165, 1.54) is 0 Å². The van der Waals surface area contributed by atoms with Crippen molar-refractivity contribution in [1.82, 2.24) is 5.32 Å². The van der Waals surface area contributed by atoms with Crippen LogP contribution in [0, 0.1) is 0 Å². The van der Waals surface area contributed by atoms with Gasteiger partial charge in [0.05, 0.1) is 0 Å². The largest absolute Gasteiger partial charge is 0.480 e. The fourth-order valence-corrected chi connectivity index (χ4v) is 3.34. The molecule has 6 heteroatoms. The number of hydrogen-bond donors (Lipinski definition) is 2. The summed E-state index contributed by atoms with van der Waals surface area (Å²) in [4.78, 5) is 10.9. The van der Waals surface area contributed by atoms with Crippen molar-refractivity contribution in [2.24, 2.45) is 0 Å². The van der Waals surface area contributed by atoms with Crippen LogP contribution < -0.4 is 5.32 Å². The number of rotatable bonds is 2. The molecule has 92 valence electrons. The van der Waals surface area contributed by atoms with Gasteiger partial charge < -0.3 is 5.11 Å². The summed E-state index contributed by atoms with van der Waals surface area (Å²) in [6.45, 7) is 0. The molecule has 2 rings (SSSR count). The second kappa shape index (κ2) is 5.16. The van der Waals surface area contributed by atoms with Gasteiger partial charge in [0.2, 0.25) is 0 Å². The van der Waals surface area contributed by atoms with Crippen molar-refractivity contribution in [1.29, 1.82) is 0 Å². The van der Waals surface area contributed by atoms with Gasteiger partial charge in [-0.1, -0.05) is 23.7 Å². The molecule has 4 nitrogen and oxygen atoms in total. The first kappa shape index (κ1) is 12.5. The Kier molecular flexibility index (Phi) is 3.81. The predicted molar refractivity (Wildman–Crippen MR) is 66.6 cm³/mol. The molecule has 0 saturated carbocycles. The van der Waals surface area contributed by atoms with Crippen LogP contribution >= 0.6 is 11.6 Å². The molecule has 2 N–H and O–H groups in total. The minimum Gasteiger partial charge on any atom is -0.480 e. The molecule has 1 saturated heterocycles.